The lowest BCUT2D eigenvalue weighted by Gasteiger charge is -2.31. The summed E-state index contributed by atoms with van der Waals surface area (Å²) in [6.07, 6.45) is 9.46. The topological polar surface area (TPSA) is 32.5 Å². The molecule has 2 N–H and O–H groups in total. The van der Waals surface area contributed by atoms with Crippen molar-refractivity contribution < 1.29 is 0 Å². The molecule has 2 rings (SSSR count). The Labute approximate surface area is 119 Å². The fourth-order valence-electron chi connectivity index (χ4n) is 3.99. The molecule has 2 aliphatic rings. The van der Waals surface area contributed by atoms with Crippen LogP contribution in [0.25, 0.3) is 0 Å². The van der Waals surface area contributed by atoms with E-state index in [2.05, 4.69) is 23.8 Å². The molecule has 0 radical (unpaired) electrons. The summed E-state index contributed by atoms with van der Waals surface area (Å²) in [6, 6.07) is 1.23. The molecule has 2 fully saturated rings. The second-order valence-electron chi connectivity index (χ2n) is 6.71. The van der Waals surface area contributed by atoms with Crippen LogP contribution in [0, 0.1) is 5.92 Å². The van der Waals surface area contributed by atoms with E-state index in [9.17, 15) is 0 Å². The van der Waals surface area contributed by atoms with Crippen molar-refractivity contribution in [2.75, 3.05) is 33.2 Å². The molecule has 19 heavy (non-hydrogen) atoms. The summed E-state index contributed by atoms with van der Waals surface area (Å²) in [5, 5.41) is 0. The van der Waals surface area contributed by atoms with Crippen molar-refractivity contribution in [3.8, 4) is 0 Å². The zero-order valence-corrected chi connectivity index (χ0v) is 13.0. The largest absolute Gasteiger partial charge is 0.327 e. The number of likely N-dealkylation sites (tertiary alicyclic amines) is 1. The van der Waals surface area contributed by atoms with Crippen molar-refractivity contribution in [2.24, 2.45) is 11.7 Å². The minimum atomic E-state index is 0.441. The zero-order chi connectivity index (χ0) is 13.7. The summed E-state index contributed by atoms with van der Waals surface area (Å²) in [4.78, 5) is 5.19. The second-order valence-corrected chi connectivity index (χ2v) is 6.71. The van der Waals surface area contributed by atoms with Crippen LogP contribution in [0.2, 0.25) is 0 Å². The highest BCUT2D eigenvalue weighted by molar-refractivity contribution is 4.83. The van der Waals surface area contributed by atoms with Crippen LogP contribution < -0.4 is 5.73 Å². The Morgan fingerprint density at radius 1 is 1.05 bits per heavy atom. The fraction of sp³-hybridized carbons (Fsp3) is 1.00. The van der Waals surface area contributed by atoms with Gasteiger partial charge < -0.3 is 10.6 Å². The first kappa shape index (κ1) is 15.3. The molecule has 0 spiro atoms. The SMILES string of the molecule is CCN1CCCC1CN(C)CC1CCCCCC1N. The molecule has 1 aliphatic heterocycles. The molecule has 1 aliphatic carbocycles. The van der Waals surface area contributed by atoms with Crippen LogP contribution in [0.1, 0.15) is 51.9 Å². The van der Waals surface area contributed by atoms with Gasteiger partial charge in [-0.25, -0.2) is 0 Å². The van der Waals surface area contributed by atoms with E-state index in [1.54, 1.807) is 0 Å². The lowest BCUT2D eigenvalue weighted by molar-refractivity contribution is 0.173. The summed E-state index contributed by atoms with van der Waals surface area (Å²) in [7, 11) is 2.30. The van der Waals surface area contributed by atoms with E-state index in [0.717, 1.165) is 12.0 Å². The van der Waals surface area contributed by atoms with Gasteiger partial charge in [-0.05, 0) is 51.7 Å². The number of nitrogens with two attached hydrogens (primary N) is 1. The molecular formula is C16H33N3. The molecule has 0 aromatic rings. The van der Waals surface area contributed by atoms with Crippen LogP contribution in [0.3, 0.4) is 0 Å². The van der Waals surface area contributed by atoms with Gasteiger partial charge in [0.1, 0.15) is 0 Å². The van der Waals surface area contributed by atoms with E-state index in [0.29, 0.717) is 6.04 Å². The van der Waals surface area contributed by atoms with Crippen LogP contribution in [0.5, 0.6) is 0 Å². The van der Waals surface area contributed by atoms with E-state index in [4.69, 9.17) is 5.73 Å². The van der Waals surface area contributed by atoms with Crippen molar-refractivity contribution in [3.05, 3.63) is 0 Å². The predicted octanol–water partition coefficient (Wildman–Crippen LogP) is 2.31. The van der Waals surface area contributed by atoms with Crippen LogP contribution in [-0.2, 0) is 0 Å². The summed E-state index contributed by atoms with van der Waals surface area (Å²) >= 11 is 0. The van der Waals surface area contributed by atoms with Gasteiger partial charge in [0.05, 0.1) is 0 Å². The second kappa shape index (κ2) is 7.61. The lowest BCUT2D eigenvalue weighted by atomic mass is 9.95. The normalized spacial score (nSPS) is 33.8. The Bertz CT molecular complexity index is 256. The molecule has 0 aromatic carbocycles. The van der Waals surface area contributed by atoms with E-state index in [1.807, 2.05) is 0 Å². The first-order valence-electron chi connectivity index (χ1n) is 8.39. The molecular weight excluding hydrogens is 234 g/mol. The number of rotatable bonds is 5. The van der Waals surface area contributed by atoms with Crippen molar-refractivity contribution in [3.63, 3.8) is 0 Å². The summed E-state index contributed by atoms with van der Waals surface area (Å²) < 4.78 is 0. The molecule has 1 heterocycles. The van der Waals surface area contributed by atoms with Crippen molar-refractivity contribution >= 4 is 0 Å². The first-order valence-corrected chi connectivity index (χ1v) is 8.39. The Balaban J connectivity index is 1.77. The van der Waals surface area contributed by atoms with Crippen LogP contribution in [-0.4, -0.2) is 55.1 Å². The molecule has 112 valence electrons. The average Bonchev–Trinajstić information content (AvgIpc) is 2.74. The van der Waals surface area contributed by atoms with E-state index < -0.39 is 0 Å². The van der Waals surface area contributed by atoms with Crippen LogP contribution >= 0.6 is 0 Å². The molecule has 3 atom stereocenters. The van der Waals surface area contributed by atoms with Gasteiger partial charge in [0.2, 0.25) is 0 Å². The van der Waals surface area contributed by atoms with Gasteiger partial charge in [0.15, 0.2) is 0 Å². The maximum atomic E-state index is 6.35. The summed E-state index contributed by atoms with van der Waals surface area (Å²) in [5.74, 6) is 0.726. The molecule has 3 unspecified atom stereocenters. The summed E-state index contributed by atoms with van der Waals surface area (Å²) in [6.45, 7) is 7.24. The fourth-order valence-corrected chi connectivity index (χ4v) is 3.99. The lowest BCUT2D eigenvalue weighted by Crippen LogP contribution is -2.43. The Morgan fingerprint density at radius 3 is 2.63 bits per heavy atom. The molecule has 3 nitrogen and oxygen atoms in total. The minimum absolute atomic E-state index is 0.441. The number of hydrogen-bond donors (Lipinski definition) is 1. The van der Waals surface area contributed by atoms with Gasteiger partial charge in [0.25, 0.3) is 0 Å². The summed E-state index contributed by atoms with van der Waals surface area (Å²) in [5.41, 5.74) is 6.35. The van der Waals surface area contributed by atoms with E-state index in [1.165, 1.54) is 71.1 Å². The molecule has 1 saturated carbocycles. The van der Waals surface area contributed by atoms with Gasteiger partial charge in [0, 0.05) is 25.2 Å². The third-order valence-electron chi connectivity index (χ3n) is 5.19. The van der Waals surface area contributed by atoms with Gasteiger partial charge in [-0.3, -0.25) is 4.90 Å². The molecule has 0 bridgehead atoms. The zero-order valence-electron chi connectivity index (χ0n) is 13.0. The molecule has 3 heteroatoms. The van der Waals surface area contributed by atoms with Gasteiger partial charge >= 0.3 is 0 Å². The van der Waals surface area contributed by atoms with Crippen molar-refractivity contribution in [1.29, 1.82) is 0 Å². The third kappa shape index (κ3) is 4.44. The molecule has 0 amide bonds. The first-order chi connectivity index (χ1) is 9.20. The smallest absolute Gasteiger partial charge is 0.0223 e. The van der Waals surface area contributed by atoms with Gasteiger partial charge in [-0.2, -0.15) is 0 Å². The number of likely N-dealkylation sites (N-methyl/N-ethyl adjacent to an activating group) is 2. The maximum absolute atomic E-state index is 6.35. The predicted molar refractivity (Wildman–Crippen MR) is 82.3 cm³/mol. The standard InChI is InChI=1S/C16H33N3/c1-3-19-11-7-9-15(19)13-18(2)12-14-8-5-4-6-10-16(14)17/h14-16H,3-13,17H2,1-2H3. The third-order valence-corrected chi connectivity index (χ3v) is 5.19. The Morgan fingerprint density at radius 2 is 1.84 bits per heavy atom. The van der Waals surface area contributed by atoms with Crippen molar-refractivity contribution in [2.45, 2.75) is 64.0 Å². The Kier molecular flexibility index (Phi) is 6.11. The monoisotopic (exact) mass is 267 g/mol. The van der Waals surface area contributed by atoms with E-state index in [-0.39, 0.29) is 0 Å². The highest BCUT2D eigenvalue weighted by Gasteiger charge is 2.26. The van der Waals surface area contributed by atoms with E-state index >= 15 is 0 Å². The van der Waals surface area contributed by atoms with Gasteiger partial charge in [-0.1, -0.05) is 26.2 Å². The highest BCUT2D eigenvalue weighted by atomic mass is 15.2. The highest BCUT2D eigenvalue weighted by Crippen LogP contribution is 2.24. The molecule has 0 aromatic heterocycles. The van der Waals surface area contributed by atoms with Crippen LogP contribution in [0.15, 0.2) is 0 Å². The van der Waals surface area contributed by atoms with Crippen molar-refractivity contribution in [1.82, 2.24) is 9.80 Å². The number of nitrogens with zero attached hydrogens (tertiary/aromatic N) is 2. The quantitative estimate of drug-likeness (QED) is 0.776. The maximum Gasteiger partial charge on any atom is 0.0223 e. The van der Waals surface area contributed by atoms with Gasteiger partial charge in [-0.15, -0.1) is 0 Å². The molecule has 1 saturated heterocycles. The minimum Gasteiger partial charge on any atom is -0.327 e. The Hall–Kier alpha value is -0.120. The average molecular weight is 267 g/mol. The van der Waals surface area contributed by atoms with Crippen LogP contribution in [0.4, 0.5) is 0 Å². The number of hydrogen-bond acceptors (Lipinski definition) is 3.